The number of hydrogen-bond donors (Lipinski definition) is 1. The van der Waals surface area contributed by atoms with Gasteiger partial charge in [-0.1, -0.05) is 0 Å². The first-order valence-electron chi connectivity index (χ1n) is 7.44. The minimum Gasteiger partial charge on any atom is -0.481 e. The van der Waals surface area contributed by atoms with Gasteiger partial charge in [0.15, 0.2) is 0 Å². The zero-order valence-corrected chi connectivity index (χ0v) is 11.9. The number of morpholine rings is 1. The molecule has 1 unspecified atom stereocenters. The van der Waals surface area contributed by atoms with E-state index in [0.717, 1.165) is 12.8 Å². The third-order valence-corrected chi connectivity index (χ3v) is 4.29. The Balaban J connectivity index is 1.69. The highest BCUT2D eigenvalue weighted by atomic mass is 16.5. The van der Waals surface area contributed by atoms with Crippen LogP contribution in [0.5, 0.6) is 0 Å². The van der Waals surface area contributed by atoms with Gasteiger partial charge in [-0.15, -0.1) is 0 Å². The summed E-state index contributed by atoms with van der Waals surface area (Å²) in [6, 6.07) is 4.19. The van der Waals surface area contributed by atoms with Crippen molar-refractivity contribution in [3.05, 3.63) is 24.0 Å². The Hall–Kier alpha value is -1.82. The van der Waals surface area contributed by atoms with Crippen molar-refractivity contribution in [1.82, 2.24) is 9.47 Å². The van der Waals surface area contributed by atoms with Crippen LogP contribution < -0.4 is 0 Å². The normalized spacial score (nSPS) is 22.9. The van der Waals surface area contributed by atoms with Gasteiger partial charge in [0, 0.05) is 25.3 Å². The summed E-state index contributed by atoms with van der Waals surface area (Å²) in [5, 5.41) is 8.84. The van der Waals surface area contributed by atoms with Crippen molar-refractivity contribution in [2.75, 3.05) is 19.7 Å². The average Bonchev–Trinajstić information content (AvgIpc) is 2.84. The van der Waals surface area contributed by atoms with E-state index in [1.54, 1.807) is 4.90 Å². The fraction of sp³-hybridized carbons (Fsp3) is 0.600. The molecular weight excluding hydrogens is 272 g/mol. The Bertz CT molecular complexity index is 536. The second-order valence-electron chi connectivity index (χ2n) is 5.73. The van der Waals surface area contributed by atoms with Crippen LogP contribution in [0.4, 0.5) is 0 Å². The molecule has 0 radical (unpaired) electrons. The minimum atomic E-state index is -0.896. The number of nitrogens with zero attached hydrogens (tertiary/aromatic N) is 2. The average molecular weight is 292 g/mol. The summed E-state index contributed by atoms with van der Waals surface area (Å²) in [4.78, 5) is 25.1. The molecular formula is C15H20N2O4. The Kier molecular flexibility index (Phi) is 3.96. The first-order chi connectivity index (χ1) is 10.1. The molecule has 1 aromatic rings. The molecule has 6 nitrogen and oxygen atoms in total. The molecule has 1 aliphatic heterocycles. The number of hydrogen-bond acceptors (Lipinski definition) is 3. The van der Waals surface area contributed by atoms with Gasteiger partial charge in [0.05, 0.1) is 19.1 Å². The van der Waals surface area contributed by atoms with Crippen LogP contribution in [-0.4, -0.2) is 52.3 Å². The van der Waals surface area contributed by atoms with Gasteiger partial charge in [0.1, 0.15) is 5.69 Å². The molecule has 2 fully saturated rings. The molecule has 1 saturated heterocycles. The van der Waals surface area contributed by atoms with Crippen LogP contribution in [-0.2, 0) is 9.53 Å². The zero-order valence-electron chi connectivity index (χ0n) is 11.9. The number of carboxylic acids is 1. The monoisotopic (exact) mass is 292 g/mol. The summed E-state index contributed by atoms with van der Waals surface area (Å²) < 4.78 is 7.48. The van der Waals surface area contributed by atoms with Gasteiger partial charge in [-0.05, 0) is 31.4 Å². The van der Waals surface area contributed by atoms with Gasteiger partial charge >= 0.3 is 5.97 Å². The van der Waals surface area contributed by atoms with Crippen molar-refractivity contribution in [2.45, 2.75) is 37.8 Å². The highest BCUT2D eigenvalue weighted by molar-refractivity contribution is 5.93. The lowest BCUT2D eigenvalue weighted by atomic mass is 9.93. The van der Waals surface area contributed by atoms with Crippen LogP contribution in [0.25, 0.3) is 0 Å². The van der Waals surface area contributed by atoms with Crippen LogP contribution in [0, 0.1) is 0 Å². The molecule has 0 bridgehead atoms. The van der Waals surface area contributed by atoms with E-state index < -0.39 is 12.1 Å². The molecule has 1 aliphatic carbocycles. The van der Waals surface area contributed by atoms with Gasteiger partial charge < -0.3 is 19.3 Å². The number of aliphatic carboxylic acids is 1. The molecule has 0 aromatic carbocycles. The second-order valence-corrected chi connectivity index (χ2v) is 5.73. The van der Waals surface area contributed by atoms with Crippen LogP contribution in [0.1, 0.15) is 42.2 Å². The van der Waals surface area contributed by atoms with Crippen molar-refractivity contribution < 1.29 is 19.4 Å². The van der Waals surface area contributed by atoms with Crippen LogP contribution in [0.2, 0.25) is 0 Å². The Morgan fingerprint density at radius 1 is 1.38 bits per heavy atom. The molecule has 1 saturated carbocycles. The Morgan fingerprint density at radius 2 is 2.19 bits per heavy atom. The number of carbonyl (C=O) groups excluding carboxylic acids is 1. The second kappa shape index (κ2) is 5.89. The lowest BCUT2D eigenvalue weighted by molar-refractivity contribution is -0.141. The van der Waals surface area contributed by atoms with Crippen molar-refractivity contribution >= 4 is 11.9 Å². The predicted molar refractivity (Wildman–Crippen MR) is 75.2 cm³/mol. The molecule has 114 valence electrons. The van der Waals surface area contributed by atoms with Crippen LogP contribution in [0.15, 0.2) is 18.3 Å². The van der Waals surface area contributed by atoms with Crippen LogP contribution >= 0.6 is 0 Å². The summed E-state index contributed by atoms with van der Waals surface area (Å²) >= 11 is 0. The van der Waals surface area contributed by atoms with E-state index in [1.165, 1.54) is 6.42 Å². The fourth-order valence-corrected chi connectivity index (χ4v) is 2.94. The topological polar surface area (TPSA) is 71.8 Å². The van der Waals surface area contributed by atoms with E-state index in [1.807, 2.05) is 18.3 Å². The third-order valence-electron chi connectivity index (χ3n) is 4.29. The maximum Gasteiger partial charge on any atom is 0.306 e. The maximum absolute atomic E-state index is 12.7. The van der Waals surface area contributed by atoms with E-state index in [-0.39, 0.29) is 12.3 Å². The number of rotatable bonds is 4. The third kappa shape index (κ3) is 2.95. The van der Waals surface area contributed by atoms with Gasteiger partial charge in [-0.2, -0.15) is 0 Å². The molecule has 2 aliphatic rings. The Morgan fingerprint density at radius 3 is 2.86 bits per heavy atom. The molecule has 2 heterocycles. The summed E-state index contributed by atoms with van der Waals surface area (Å²) in [5.74, 6) is -0.919. The van der Waals surface area contributed by atoms with Crippen molar-refractivity contribution in [1.29, 1.82) is 0 Å². The number of amides is 1. The molecule has 3 rings (SSSR count). The predicted octanol–water partition coefficient (Wildman–Crippen LogP) is 1.53. The molecule has 0 spiro atoms. The van der Waals surface area contributed by atoms with E-state index in [2.05, 4.69) is 4.57 Å². The number of ether oxygens (including phenoxy) is 1. The Labute approximate surface area is 123 Å². The van der Waals surface area contributed by atoms with Crippen LogP contribution in [0.3, 0.4) is 0 Å². The molecule has 1 aromatic heterocycles. The lowest BCUT2D eigenvalue weighted by Crippen LogP contribution is -2.46. The van der Waals surface area contributed by atoms with Crippen molar-refractivity contribution in [3.8, 4) is 0 Å². The lowest BCUT2D eigenvalue weighted by Gasteiger charge is -2.34. The summed E-state index contributed by atoms with van der Waals surface area (Å²) in [6.07, 6.45) is 4.96. The molecule has 21 heavy (non-hydrogen) atoms. The largest absolute Gasteiger partial charge is 0.481 e. The fourth-order valence-electron chi connectivity index (χ4n) is 2.94. The minimum absolute atomic E-state index is 0.0226. The summed E-state index contributed by atoms with van der Waals surface area (Å²) in [7, 11) is 0. The summed E-state index contributed by atoms with van der Waals surface area (Å²) in [5.41, 5.74) is 0.704. The van der Waals surface area contributed by atoms with Gasteiger partial charge in [0.25, 0.3) is 5.91 Å². The number of aromatic nitrogens is 1. The van der Waals surface area contributed by atoms with E-state index >= 15 is 0 Å². The van der Waals surface area contributed by atoms with E-state index in [0.29, 0.717) is 31.4 Å². The highest BCUT2D eigenvalue weighted by Gasteiger charge is 2.29. The SMILES string of the molecule is O=C(O)CC1CN(C(=O)c2cccn2C2CCC2)CCO1. The smallest absolute Gasteiger partial charge is 0.306 e. The quantitative estimate of drug-likeness (QED) is 0.913. The first-order valence-corrected chi connectivity index (χ1v) is 7.44. The summed E-state index contributed by atoms with van der Waals surface area (Å²) in [6.45, 7) is 1.26. The molecule has 1 amide bonds. The zero-order chi connectivity index (χ0) is 14.8. The molecule has 1 N–H and O–H groups in total. The highest BCUT2D eigenvalue weighted by Crippen LogP contribution is 2.33. The molecule has 1 atom stereocenters. The van der Waals surface area contributed by atoms with E-state index in [4.69, 9.17) is 9.84 Å². The number of carbonyl (C=O) groups is 2. The first kappa shape index (κ1) is 14.1. The van der Waals surface area contributed by atoms with Gasteiger partial charge in [0.2, 0.25) is 0 Å². The van der Waals surface area contributed by atoms with Crippen molar-refractivity contribution in [2.24, 2.45) is 0 Å². The molecule has 6 heteroatoms. The van der Waals surface area contributed by atoms with Crippen molar-refractivity contribution in [3.63, 3.8) is 0 Å². The number of carboxylic acid groups (broad SMARTS) is 1. The standard InChI is InChI=1S/C15H20N2O4/c18-14(19)9-12-10-16(7-8-21-12)15(20)13-5-2-6-17(13)11-3-1-4-11/h2,5-6,11-12H,1,3-4,7-10H2,(H,18,19). The van der Waals surface area contributed by atoms with Gasteiger partial charge in [-0.3, -0.25) is 9.59 Å². The van der Waals surface area contributed by atoms with Gasteiger partial charge in [-0.25, -0.2) is 0 Å². The van der Waals surface area contributed by atoms with E-state index in [9.17, 15) is 9.59 Å². The maximum atomic E-state index is 12.7.